The number of para-hydroxylation sites is 1. The molecule has 7 rings (SSSR count). The second-order valence-corrected chi connectivity index (χ2v) is 29.6. The average Bonchev–Trinajstić information content (AvgIpc) is 1.73. The standard InChI is InChI=1S/C68H96N24O19S2/c1-33(93)54-65(109)86-47(27-53(97)98)66(110)92-23-7-13-50(92)64(108)82-41(10-4-20-75-67(72)73)58(102)87-49-32-113-112-31-48(78-52(96)28-69)62(106)85-46(61(105)88-54)26-36-30-91(90-89-36)22-6-12-42(56(100)83-44(55(71)99)24-34-14-16-37(94)17-15-34)79-59(103)43(18-19-51(70)95)81-60(104)45(25-35-29-77-39-9-3-2-8-38(35)39)84-57(101)40(80-63(49)107)11-5-21-76-68(74)111/h2-3,8-9,14-17,29-30,33,40-50,54,77,93-94H,4-7,10-13,18-28,31-32,69H2,1H3,(H2,70,95)(H2,71,99)(H,78,96)(H,79,103)(H,80,107)(H,81,104)(H,82,108)(H,83,100)(H,84,101)(H,85,106)(H,86,109)(H,87,102)(H,88,105)(H,97,98)(H4,72,73,75)(H3,74,76,111)/t33-,40+,41+,42-,43+,44+,45?,46+,47+,48?,49?,50?,54+/m1/s1. The zero-order valence-electron chi connectivity index (χ0n) is 61.5. The summed E-state index contributed by atoms with van der Waals surface area (Å²) >= 11 is 0. The fourth-order valence-electron chi connectivity index (χ4n) is 12.5. The van der Waals surface area contributed by atoms with Crippen LogP contribution < -0.4 is 97.8 Å². The van der Waals surface area contributed by atoms with Crippen LogP contribution in [0.2, 0.25) is 0 Å². The maximum Gasteiger partial charge on any atom is 0.312 e. The molecule has 2 saturated heterocycles. The van der Waals surface area contributed by atoms with E-state index >= 15 is 19.2 Å². The third-order valence-electron chi connectivity index (χ3n) is 18.4. The number of guanidine groups is 1. The molecule has 0 aliphatic carbocycles. The topological polar surface area (TPSA) is 694 Å². The Balaban J connectivity index is 1.40. The molecule has 2 aromatic carbocycles. The van der Waals surface area contributed by atoms with Gasteiger partial charge in [-0.3, -0.25) is 82.0 Å². The van der Waals surface area contributed by atoms with E-state index < -0.39 is 223 Å². The number of nitrogens with two attached hydrogens (primary N) is 5. The van der Waals surface area contributed by atoms with Crippen molar-refractivity contribution in [3.05, 3.63) is 77.7 Å². The molecule has 113 heavy (non-hydrogen) atoms. The number of aromatic nitrogens is 4. The first-order chi connectivity index (χ1) is 53.8. The first kappa shape index (κ1) is 88.3. The van der Waals surface area contributed by atoms with E-state index in [0.717, 1.165) is 33.4 Å². The number of carboxylic acid groups (broad SMARTS) is 1. The van der Waals surface area contributed by atoms with E-state index in [4.69, 9.17) is 34.1 Å². The SMILES string of the molecule is C[C@@H](O)[C@@H]1NC(=O)[C@@H]2Cc3cn(nn3)CCC[C@H](C(=O)N[C@@H](Cc3ccc(O)cc3)C(N)=O)NC(=O)[C@H](CCC(N)=O)NC(=O)C(Cc3c[nH]c4ccccc34)NC(=O)[C@H](CCCNC(N)=O)NC(=O)C(CSSCC(NC(=O)CN)C(=O)N2)NC(=O)[C@H](CCCNC(=N)N)NC(=O)C2CCCN2C(=O)[C@H](CC(=O)O)NC1=O. The van der Waals surface area contributed by atoms with Crippen molar-refractivity contribution in [1.29, 1.82) is 5.41 Å². The molecule has 0 spiro atoms. The monoisotopic (exact) mass is 1620 g/mol. The first-order valence-corrected chi connectivity index (χ1v) is 38.6. The Morgan fingerprint density at radius 3 is 1.94 bits per heavy atom. The van der Waals surface area contributed by atoms with Gasteiger partial charge in [-0.2, -0.15) is 0 Å². The van der Waals surface area contributed by atoms with Gasteiger partial charge in [0.2, 0.25) is 82.7 Å². The number of nitrogens with one attached hydrogen (secondary N) is 15. The van der Waals surface area contributed by atoms with Crippen LogP contribution in [0.15, 0.2) is 60.9 Å². The summed E-state index contributed by atoms with van der Waals surface area (Å²) in [6, 6.07) is -9.31. The van der Waals surface area contributed by atoms with Crippen LogP contribution in [0, 0.1) is 5.41 Å². The molecule has 13 atom stereocenters. The van der Waals surface area contributed by atoms with Crippen LogP contribution >= 0.6 is 21.6 Å². The van der Waals surface area contributed by atoms with Crippen LogP contribution in [0.4, 0.5) is 4.79 Å². The third-order valence-corrected chi connectivity index (χ3v) is 20.8. The lowest BCUT2D eigenvalue weighted by Crippen LogP contribution is -2.62. The summed E-state index contributed by atoms with van der Waals surface area (Å²) in [5, 5.41) is 80.7. The van der Waals surface area contributed by atoms with Crippen molar-refractivity contribution in [1.82, 2.24) is 94.0 Å². The lowest BCUT2D eigenvalue weighted by molar-refractivity contribution is -0.146. The molecule has 0 saturated carbocycles. The number of aliphatic carboxylic acids is 1. The number of benzene rings is 2. The number of aliphatic hydroxyl groups is 1. The van der Waals surface area contributed by atoms with Crippen LogP contribution in [0.3, 0.4) is 0 Å². The number of aliphatic hydroxyl groups excluding tert-OH is 1. The number of rotatable bonds is 23. The Labute approximate surface area is 653 Å². The Morgan fingerprint density at radius 2 is 1.27 bits per heavy atom. The van der Waals surface area contributed by atoms with Crippen molar-refractivity contribution in [3.8, 4) is 5.75 Å². The maximum atomic E-state index is 15.3. The van der Waals surface area contributed by atoms with Gasteiger partial charge in [-0.15, -0.1) is 5.10 Å². The second kappa shape index (κ2) is 43.1. The fraction of sp³-hybridized carbons (Fsp3) is 0.515. The van der Waals surface area contributed by atoms with E-state index in [9.17, 15) is 72.9 Å². The van der Waals surface area contributed by atoms with Crippen LogP contribution in [0.25, 0.3) is 10.9 Å². The number of amides is 16. The maximum absolute atomic E-state index is 15.3. The number of H-pyrrole nitrogens is 1. The van der Waals surface area contributed by atoms with Gasteiger partial charge in [0, 0.05) is 86.7 Å². The highest BCUT2D eigenvalue weighted by Crippen LogP contribution is 2.26. The van der Waals surface area contributed by atoms with E-state index in [-0.39, 0.29) is 102 Å². The van der Waals surface area contributed by atoms with Crippen LogP contribution in [-0.2, 0) is 97.7 Å². The molecule has 45 heteroatoms. The van der Waals surface area contributed by atoms with Crippen molar-refractivity contribution >= 4 is 133 Å². The van der Waals surface area contributed by atoms with E-state index in [1.54, 1.807) is 30.5 Å². The number of aryl methyl sites for hydroxylation is 1. The zero-order chi connectivity index (χ0) is 82.6. The summed E-state index contributed by atoms with van der Waals surface area (Å²) < 4.78 is 1.22. The number of carboxylic acids is 1. The normalized spacial score (nSPS) is 23.8. The average molecular weight is 1620 g/mol. The molecular formula is C68H96N24O19S2. The summed E-state index contributed by atoms with van der Waals surface area (Å²) in [6.45, 7) is -0.268. The second-order valence-electron chi connectivity index (χ2n) is 27.0. The number of aromatic hydroxyl groups is 1. The highest BCUT2D eigenvalue weighted by Gasteiger charge is 2.43. The van der Waals surface area contributed by atoms with Gasteiger partial charge >= 0.3 is 12.0 Å². The first-order valence-electron chi connectivity index (χ1n) is 36.2. The molecule has 0 radical (unpaired) electrons. The van der Waals surface area contributed by atoms with Crippen molar-refractivity contribution in [2.75, 3.05) is 37.7 Å². The number of phenolic OH excluding ortho intramolecular Hbond substituents is 1. The molecule has 2 aromatic heterocycles. The fourth-order valence-corrected chi connectivity index (χ4v) is 14.8. The molecule has 4 unspecified atom stereocenters. The summed E-state index contributed by atoms with van der Waals surface area (Å²) in [5.41, 5.74) is 29.5. The van der Waals surface area contributed by atoms with Gasteiger partial charge in [0.1, 0.15) is 78.3 Å². The number of carbonyl (C=O) groups excluding carboxylic acids is 15. The molecule has 614 valence electrons. The molecular weight excluding hydrogens is 1520 g/mol. The number of urea groups is 1. The minimum absolute atomic E-state index is 0.0227. The number of primary amides is 3. The van der Waals surface area contributed by atoms with Crippen molar-refractivity contribution in [2.24, 2.45) is 28.7 Å². The van der Waals surface area contributed by atoms with Gasteiger partial charge < -0.3 is 123 Å². The van der Waals surface area contributed by atoms with E-state index in [1.165, 1.54) is 35.1 Å². The van der Waals surface area contributed by atoms with E-state index in [1.807, 2.05) is 0 Å². The number of hydrogen-bond acceptors (Lipinski definition) is 24. The van der Waals surface area contributed by atoms with Gasteiger partial charge in [-0.25, -0.2) is 4.79 Å². The number of phenols is 1. The van der Waals surface area contributed by atoms with Gasteiger partial charge in [-0.1, -0.05) is 57.1 Å². The Kier molecular flexibility index (Phi) is 33.7. The van der Waals surface area contributed by atoms with Gasteiger partial charge in [0.25, 0.3) is 0 Å². The summed E-state index contributed by atoms with van der Waals surface area (Å²) in [4.78, 5) is 231. The van der Waals surface area contributed by atoms with Crippen LogP contribution in [0.5, 0.6) is 5.75 Å². The molecule has 4 aromatic rings. The lowest BCUT2D eigenvalue weighted by Gasteiger charge is -2.31. The minimum Gasteiger partial charge on any atom is -0.508 e. The summed E-state index contributed by atoms with van der Waals surface area (Å²) in [6.07, 6.45) is -3.63. The Morgan fingerprint density at radius 1 is 0.673 bits per heavy atom. The number of nitrogens with zero attached hydrogens (tertiary/aromatic N) is 4. The molecule has 16 amide bonds. The predicted molar refractivity (Wildman–Crippen MR) is 404 cm³/mol. The van der Waals surface area contributed by atoms with Gasteiger partial charge in [0.15, 0.2) is 5.96 Å². The number of aromatic amines is 1. The molecule has 4 bridgehead atoms. The predicted octanol–water partition coefficient (Wildman–Crippen LogP) is -7.72. The highest BCUT2D eigenvalue weighted by molar-refractivity contribution is 8.76. The number of fused-ring (bicyclic) bond motifs is 12. The lowest BCUT2D eigenvalue weighted by atomic mass is 10.0. The molecule has 43 nitrogen and oxygen atoms in total. The van der Waals surface area contributed by atoms with E-state index in [2.05, 4.69) is 84.4 Å². The Hall–Kier alpha value is -11.9. The summed E-state index contributed by atoms with van der Waals surface area (Å²) in [7, 11) is 1.63. The van der Waals surface area contributed by atoms with Crippen LogP contribution in [-0.4, -0.2) is 257 Å². The molecule has 2 fully saturated rings. The minimum atomic E-state index is -2.05. The van der Waals surface area contributed by atoms with Crippen LogP contribution in [0.1, 0.15) is 94.4 Å². The number of hydrogen-bond donors (Lipinski definition) is 23. The Bertz CT molecular complexity index is 4130. The van der Waals surface area contributed by atoms with Crippen molar-refractivity contribution in [3.63, 3.8) is 0 Å². The van der Waals surface area contributed by atoms with Gasteiger partial charge in [0.05, 0.1) is 24.8 Å². The van der Waals surface area contributed by atoms with Crippen molar-refractivity contribution < 1.29 is 92.0 Å². The summed E-state index contributed by atoms with van der Waals surface area (Å²) in [5.74, 6) is -18.3. The third kappa shape index (κ3) is 27.5. The molecule has 3 aliphatic heterocycles. The molecule has 5 heterocycles. The molecule has 3 aliphatic rings. The molecule has 28 N–H and O–H groups in total. The number of carbonyl (C=O) groups is 16. The highest BCUT2D eigenvalue weighted by atomic mass is 33.1. The largest absolute Gasteiger partial charge is 0.508 e. The van der Waals surface area contributed by atoms with Gasteiger partial charge in [-0.05, 0) is 94.0 Å². The van der Waals surface area contributed by atoms with Crippen molar-refractivity contribution in [2.45, 2.75) is 182 Å². The zero-order valence-corrected chi connectivity index (χ0v) is 63.1. The quantitative estimate of drug-likeness (QED) is 0.0142. The smallest absolute Gasteiger partial charge is 0.312 e. The van der Waals surface area contributed by atoms with E-state index in [0.29, 0.717) is 22.0 Å².